The third-order valence-electron chi connectivity index (χ3n) is 6.57. The van der Waals surface area contributed by atoms with E-state index in [-0.39, 0.29) is 17.7 Å². The maximum absolute atomic E-state index is 13.0. The summed E-state index contributed by atoms with van der Waals surface area (Å²) >= 11 is 0. The fraction of sp³-hybridized carbons (Fsp3) is 0.281. The van der Waals surface area contributed by atoms with Gasteiger partial charge in [-0.05, 0) is 74.6 Å². The SMILES string of the molecule is Cc1ccc(NC(=O)c2ccc(CN(CCN(C)C)C(=O)C(C)C)cc2)cc1Nc1nccc(-c2cccnc2)n1. The quantitative estimate of drug-likeness (QED) is 0.258. The predicted molar refractivity (Wildman–Crippen MR) is 163 cm³/mol. The van der Waals surface area contributed by atoms with Crippen LogP contribution in [-0.4, -0.2) is 63.8 Å². The molecular weight excluding hydrogens is 514 g/mol. The van der Waals surface area contributed by atoms with E-state index in [4.69, 9.17) is 0 Å². The summed E-state index contributed by atoms with van der Waals surface area (Å²) in [6.07, 6.45) is 5.17. The Kier molecular flexibility index (Phi) is 9.76. The second-order valence-corrected chi connectivity index (χ2v) is 10.5. The Morgan fingerprint density at radius 2 is 1.73 bits per heavy atom. The number of aromatic nitrogens is 3. The highest BCUT2D eigenvalue weighted by Crippen LogP contribution is 2.25. The van der Waals surface area contributed by atoms with Crippen molar-refractivity contribution in [2.45, 2.75) is 27.3 Å². The largest absolute Gasteiger partial charge is 0.337 e. The number of carbonyl (C=O) groups excluding carboxylic acids is 2. The molecule has 41 heavy (non-hydrogen) atoms. The lowest BCUT2D eigenvalue weighted by Gasteiger charge is -2.26. The first kappa shape index (κ1) is 29.4. The minimum Gasteiger partial charge on any atom is -0.337 e. The number of benzene rings is 2. The second-order valence-electron chi connectivity index (χ2n) is 10.5. The highest BCUT2D eigenvalue weighted by atomic mass is 16.2. The third kappa shape index (κ3) is 8.18. The number of hydrogen-bond donors (Lipinski definition) is 2. The van der Waals surface area contributed by atoms with Gasteiger partial charge in [0.15, 0.2) is 0 Å². The van der Waals surface area contributed by atoms with Crippen molar-refractivity contribution in [2.24, 2.45) is 5.92 Å². The van der Waals surface area contributed by atoms with E-state index < -0.39 is 0 Å². The van der Waals surface area contributed by atoms with E-state index in [1.165, 1.54) is 0 Å². The highest BCUT2D eigenvalue weighted by Gasteiger charge is 2.18. The zero-order valence-corrected chi connectivity index (χ0v) is 24.3. The van der Waals surface area contributed by atoms with Crippen molar-refractivity contribution < 1.29 is 9.59 Å². The summed E-state index contributed by atoms with van der Waals surface area (Å²) < 4.78 is 0. The first-order valence-electron chi connectivity index (χ1n) is 13.6. The number of amides is 2. The average Bonchev–Trinajstić information content (AvgIpc) is 2.97. The van der Waals surface area contributed by atoms with Crippen LogP contribution in [0.25, 0.3) is 11.3 Å². The Balaban J connectivity index is 1.42. The molecule has 2 N–H and O–H groups in total. The Morgan fingerprint density at radius 1 is 0.951 bits per heavy atom. The number of likely N-dealkylation sites (N-methyl/N-ethyl adjacent to an activating group) is 1. The van der Waals surface area contributed by atoms with Gasteiger partial charge in [0.05, 0.1) is 5.69 Å². The molecule has 0 spiro atoms. The smallest absolute Gasteiger partial charge is 0.255 e. The van der Waals surface area contributed by atoms with Crippen molar-refractivity contribution in [3.05, 3.63) is 95.9 Å². The van der Waals surface area contributed by atoms with Crippen LogP contribution in [0.4, 0.5) is 17.3 Å². The minimum atomic E-state index is -0.219. The lowest BCUT2D eigenvalue weighted by molar-refractivity contribution is -0.135. The lowest BCUT2D eigenvalue weighted by Crippen LogP contribution is -2.38. The first-order valence-corrected chi connectivity index (χ1v) is 13.6. The normalized spacial score (nSPS) is 11.0. The van der Waals surface area contributed by atoms with Gasteiger partial charge in [-0.25, -0.2) is 9.97 Å². The van der Waals surface area contributed by atoms with Crippen molar-refractivity contribution in [1.82, 2.24) is 24.8 Å². The molecule has 0 saturated carbocycles. The second kappa shape index (κ2) is 13.6. The summed E-state index contributed by atoms with van der Waals surface area (Å²) in [6.45, 7) is 7.74. The Bertz CT molecular complexity index is 1470. The van der Waals surface area contributed by atoms with Gasteiger partial charge in [-0.3, -0.25) is 14.6 Å². The molecule has 4 aromatic rings. The molecule has 2 aromatic heterocycles. The van der Waals surface area contributed by atoms with Gasteiger partial charge in [0.25, 0.3) is 5.91 Å². The van der Waals surface area contributed by atoms with E-state index in [9.17, 15) is 9.59 Å². The molecule has 0 aliphatic carbocycles. The summed E-state index contributed by atoms with van der Waals surface area (Å²) in [5.74, 6) is 0.271. The number of hydrogen-bond acceptors (Lipinski definition) is 7. The first-order chi connectivity index (χ1) is 19.7. The number of nitrogens with zero attached hydrogens (tertiary/aromatic N) is 5. The molecule has 0 unspecified atom stereocenters. The molecule has 2 amide bonds. The number of rotatable bonds is 11. The summed E-state index contributed by atoms with van der Waals surface area (Å²) in [6, 6.07) is 18.7. The van der Waals surface area contributed by atoms with Crippen molar-refractivity contribution in [3.63, 3.8) is 0 Å². The van der Waals surface area contributed by atoms with E-state index in [1.807, 2.05) is 88.3 Å². The standard InChI is InChI=1S/C32H37N7O2/c1-22(2)31(41)39(18-17-38(4)5)21-24-9-11-25(12-10-24)30(40)35-27-13-8-23(3)29(19-27)37-32-34-16-14-28(36-32)26-7-6-15-33-20-26/h6-16,19-20,22H,17-18,21H2,1-5H3,(H,35,40)(H,34,36,37). The molecule has 0 aliphatic heterocycles. The molecular formula is C32H37N7O2. The summed E-state index contributed by atoms with van der Waals surface area (Å²) in [4.78, 5) is 42.8. The molecule has 9 heteroatoms. The van der Waals surface area contributed by atoms with Crippen LogP contribution in [0.1, 0.15) is 35.3 Å². The summed E-state index contributed by atoms with van der Waals surface area (Å²) in [5, 5.41) is 6.24. The summed E-state index contributed by atoms with van der Waals surface area (Å²) in [5.41, 5.74) is 5.58. The number of aryl methyl sites for hydroxylation is 1. The van der Waals surface area contributed by atoms with Gasteiger partial charge in [-0.2, -0.15) is 0 Å². The number of anilines is 3. The molecule has 0 bridgehead atoms. The maximum atomic E-state index is 13.0. The monoisotopic (exact) mass is 551 g/mol. The van der Waals surface area contributed by atoms with Crippen LogP contribution >= 0.6 is 0 Å². The fourth-order valence-electron chi connectivity index (χ4n) is 4.19. The molecule has 0 fully saturated rings. The third-order valence-corrected chi connectivity index (χ3v) is 6.57. The minimum absolute atomic E-state index is 0.0761. The van der Waals surface area contributed by atoms with Gasteiger partial charge in [0.2, 0.25) is 11.9 Å². The molecule has 0 aliphatic rings. The molecule has 0 saturated heterocycles. The zero-order chi connectivity index (χ0) is 29.4. The number of carbonyl (C=O) groups is 2. The highest BCUT2D eigenvalue weighted by molar-refractivity contribution is 6.04. The predicted octanol–water partition coefficient (Wildman–Crippen LogP) is 5.39. The molecule has 4 rings (SSSR count). The van der Waals surface area contributed by atoms with Gasteiger partial charge in [0.1, 0.15) is 0 Å². The topological polar surface area (TPSA) is 103 Å². The molecule has 0 atom stereocenters. The van der Waals surface area contributed by atoms with Crippen LogP contribution < -0.4 is 10.6 Å². The lowest BCUT2D eigenvalue weighted by atomic mass is 10.1. The maximum Gasteiger partial charge on any atom is 0.255 e. The number of nitrogens with one attached hydrogen (secondary N) is 2. The van der Waals surface area contributed by atoms with Gasteiger partial charge in [-0.15, -0.1) is 0 Å². The van der Waals surface area contributed by atoms with Crippen molar-refractivity contribution >= 4 is 29.1 Å². The van der Waals surface area contributed by atoms with Crippen molar-refractivity contribution in [1.29, 1.82) is 0 Å². The van der Waals surface area contributed by atoms with Crippen LogP contribution in [-0.2, 0) is 11.3 Å². The molecule has 2 heterocycles. The molecule has 2 aromatic carbocycles. The Morgan fingerprint density at radius 3 is 2.41 bits per heavy atom. The van der Waals surface area contributed by atoms with Crippen LogP contribution in [0.2, 0.25) is 0 Å². The Labute approximate surface area is 241 Å². The fourth-order valence-corrected chi connectivity index (χ4v) is 4.19. The van der Waals surface area contributed by atoms with Gasteiger partial charge < -0.3 is 20.4 Å². The average molecular weight is 552 g/mol. The van der Waals surface area contributed by atoms with E-state index in [0.29, 0.717) is 30.3 Å². The van der Waals surface area contributed by atoms with Crippen molar-refractivity contribution in [2.75, 3.05) is 37.8 Å². The Hall–Kier alpha value is -4.63. The molecule has 9 nitrogen and oxygen atoms in total. The molecule has 0 radical (unpaired) electrons. The number of pyridine rings is 1. The van der Waals surface area contributed by atoms with Crippen LogP contribution in [0.5, 0.6) is 0 Å². The van der Waals surface area contributed by atoms with Gasteiger partial charge >= 0.3 is 0 Å². The van der Waals surface area contributed by atoms with Crippen LogP contribution in [0.15, 0.2) is 79.3 Å². The molecule has 212 valence electrons. The van der Waals surface area contributed by atoms with Gasteiger partial charge in [0, 0.05) is 66.6 Å². The zero-order valence-electron chi connectivity index (χ0n) is 24.3. The van der Waals surface area contributed by atoms with E-state index in [2.05, 4.69) is 30.5 Å². The van der Waals surface area contributed by atoms with E-state index >= 15 is 0 Å². The summed E-state index contributed by atoms with van der Waals surface area (Å²) in [7, 11) is 3.99. The van der Waals surface area contributed by atoms with Gasteiger partial charge in [-0.1, -0.05) is 32.0 Å². The van der Waals surface area contributed by atoms with Crippen LogP contribution in [0, 0.1) is 12.8 Å². The van der Waals surface area contributed by atoms with E-state index in [1.54, 1.807) is 30.7 Å². The van der Waals surface area contributed by atoms with Crippen LogP contribution in [0.3, 0.4) is 0 Å². The van der Waals surface area contributed by atoms with E-state index in [0.717, 1.165) is 34.6 Å². The van der Waals surface area contributed by atoms with Crippen molar-refractivity contribution in [3.8, 4) is 11.3 Å².